The minimum atomic E-state index is -1.01. The standard InChI is InChI=1S/C7H5N3O2/c11-7(12)5-2-1-3-6-8-4-9-10(5)6/h1-4H,(H,11,12). The number of rotatable bonds is 1. The monoisotopic (exact) mass is 163 g/mol. The zero-order chi connectivity index (χ0) is 8.55. The van der Waals surface area contributed by atoms with Crippen LogP contribution in [0.4, 0.5) is 0 Å². The Kier molecular flexibility index (Phi) is 1.30. The summed E-state index contributed by atoms with van der Waals surface area (Å²) in [6.07, 6.45) is 1.32. The molecule has 0 saturated heterocycles. The second kappa shape index (κ2) is 2.30. The number of aromatic nitrogens is 3. The van der Waals surface area contributed by atoms with Gasteiger partial charge in [-0.1, -0.05) is 6.07 Å². The van der Waals surface area contributed by atoms with Crippen LogP contribution < -0.4 is 0 Å². The topological polar surface area (TPSA) is 67.5 Å². The van der Waals surface area contributed by atoms with Gasteiger partial charge in [0.15, 0.2) is 11.3 Å². The first kappa shape index (κ1) is 6.78. The molecule has 0 amide bonds. The van der Waals surface area contributed by atoms with Gasteiger partial charge in [-0.2, -0.15) is 5.10 Å². The molecule has 0 fully saturated rings. The van der Waals surface area contributed by atoms with Crippen molar-refractivity contribution in [3.05, 3.63) is 30.2 Å². The van der Waals surface area contributed by atoms with Crippen LogP contribution in [0, 0.1) is 0 Å². The van der Waals surface area contributed by atoms with Crippen molar-refractivity contribution in [3.8, 4) is 0 Å². The van der Waals surface area contributed by atoms with Crippen LogP contribution in [0.3, 0.4) is 0 Å². The van der Waals surface area contributed by atoms with Gasteiger partial charge >= 0.3 is 5.97 Å². The smallest absolute Gasteiger partial charge is 0.354 e. The Morgan fingerprint density at radius 1 is 1.50 bits per heavy atom. The molecule has 12 heavy (non-hydrogen) atoms. The molecule has 60 valence electrons. The van der Waals surface area contributed by atoms with Gasteiger partial charge in [0.2, 0.25) is 0 Å². The maximum atomic E-state index is 10.6. The summed E-state index contributed by atoms with van der Waals surface area (Å²) in [7, 11) is 0. The summed E-state index contributed by atoms with van der Waals surface area (Å²) in [5, 5.41) is 12.5. The number of hydrogen-bond acceptors (Lipinski definition) is 3. The van der Waals surface area contributed by atoms with Crippen molar-refractivity contribution < 1.29 is 9.90 Å². The normalized spacial score (nSPS) is 10.3. The van der Waals surface area contributed by atoms with Gasteiger partial charge in [0.25, 0.3) is 0 Å². The van der Waals surface area contributed by atoms with E-state index >= 15 is 0 Å². The number of carboxylic acids is 1. The fraction of sp³-hybridized carbons (Fsp3) is 0. The Labute approximate surface area is 67.3 Å². The van der Waals surface area contributed by atoms with E-state index in [0.29, 0.717) is 5.65 Å². The first-order chi connectivity index (χ1) is 5.79. The van der Waals surface area contributed by atoms with Gasteiger partial charge in [0.1, 0.15) is 6.33 Å². The van der Waals surface area contributed by atoms with Crippen molar-refractivity contribution in [3.63, 3.8) is 0 Å². The molecule has 5 nitrogen and oxygen atoms in total. The lowest BCUT2D eigenvalue weighted by Crippen LogP contribution is -2.05. The van der Waals surface area contributed by atoms with Crippen molar-refractivity contribution in [1.82, 2.24) is 14.6 Å². The van der Waals surface area contributed by atoms with Crippen molar-refractivity contribution in [1.29, 1.82) is 0 Å². The summed E-state index contributed by atoms with van der Waals surface area (Å²) in [4.78, 5) is 14.5. The van der Waals surface area contributed by atoms with Gasteiger partial charge in [-0.3, -0.25) is 0 Å². The highest BCUT2D eigenvalue weighted by molar-refractivity contribution is 5.86. The molecule has 0 bridgehead atoms. The number of hydrogen-bond donors (Lipinski definition) is 1. The van der Waals surface area contributed by atoms with Crippen LogP contribution in [0.25, 0.3) is 5.65 Å². The molecule has 2 heterocycles. The molecule has 0 radical (unpaired) electrons. The predicted molar refractivity (Wildman–Crippen MR) is 39.9 cm³/mol. The maximum absolute atomic E-state index is 10.6. The Morgan fingerprint density at radius 2 is 2.33 bits per heavy atom. The Morgan fingerprint density at radius 3 is 3.08 bits per heavy atom. The van der Waals surface area contributed by atoms with E-state index in [1.54, 1.807) is 12.1 Å². The second-order valence-corrected chi connectivity index (χ2v) is 2.25. The van der Waals surface area contributed by atoms with Crippen LogP contribution in [0.2, 0.25) is 0 Å². The molecule has 0 atom stereocenters. The molecule has 0 aromatic carbocycles. The fourth-order valence-electron chi connectivity index (χ4n) is 1.01. The number of carbonyl (C=O) groups is 1. The Hall–Kier alpha value is -1.91. The van der Waals surface area contributed by atoms with Crippen LogP contribution >= 0.6 is 0 Å². The quantitative estimate of drug-likeness (QED) is 0.661. The third-order valence-corrected chi connectivity index (χ3v) is 1.52. The summed E-state index contributed by atoms with van der Waals surface area (Å²) in [6, 6.07) is 4.80. The third kappa shape index (κ3) is 0.833. The highest BCUT2D eigenvalue weighted by Gasteiger charge is 2.07. The summed E-state index contributed by atoms with van der Waals surface area (Å²) < 4.78 is 1.28. The number of nitrogens with zero attached hydrogens (tertiary/aromatic N) is 3. The first-order valence-corrected chi connectivity index (χ1v) is 3.31. The van der Waals surface area contributed by atoms with E-state index in [-0.39, 0.29) is 5.69 Å². The first-order valence-electron chi connectivity index (χ1n) is 3.31. The maximum Gasteiger partial charge on any atom is 0.354 e. The van der Waals surface area contributed by atoms with E-state index in [4.69, 9.17) is 5.11 Å². The Bertz CT molecular complexity index is 435. The van der Waals surface area contributed by atoms with Gasteiger partial charge in [0, 0.05) is 0 Å². The molecular weight excluding hydrogens is 158 g/mol. The minimum absolute atomic E-state index is 0.116. The SMILES string of the molecule is O=C(O)c1cccc2ncnn12. The van der Waals surface area contributed by atoms with Crippen molar-refractivity contribution >= 4 is 11.6 Å². The van der Waals surface area contributed by atoms with Crippen LogP contribution in [0.1, 0.15) is 10.5 Å². The Balaban J connectivity index is 2.82. The van der Waals surface area contributed by atoms with Gasteiger partial charge in [-0.15, -0.1) is 0 Å². The number of aromatic carboxylic acids is 1. The summed E-state index contributed by atoms with van der Waals surface area (Å²) >= 11 is 0. The van der Waals surface area contributed by atoms with Crippen LogP contribution in [-0.4, -0.2) is 25.7 Å². The second-order valence-electron chi connectivity index (χ2n) is 2.25. The van der Waals surface area contributed by atoms with E-state index in [0.717, 1.165) is 0 Å². The largest absolute Gasteiger partial charge is 0.477 e. The molecule has 0 spiro atoms. The number of fused-ring (bicyclic) bond motifs is 1. The molecule has 0 aliphatic carbocycles. The zero-order valence-corrected chi connectivity index (χ0v) is 6.01. The van der Waals surface area contributed by atoms with E-state index in [1.807, 2.05) is 0 Å². The van der Waals surface area contributed by atoms with Gasteiger partial charge in [0.05, 0.1) is 0 Å². The van der Waals surface area contributed by atoms with Crippen molar-refractivity contribution in [2.24, 2.45) is 0 Å². The van der Waals surface area contributed by atoms with Gasteiger partial charge in [-0.25, -0.2) is 14.3 Å². The van der Waals surface area contributed by atoms with E-state index in [2.05, 4.69) is 10.1 Å². The summed E-state index contributed by atoms with van der Waals surface area (Å²) in [5.41, 5.74) is 0.653. The van der Waals surface area contributed by atoms with Crippen molar-refractivity contribution in [2.75, 3.05) is 0 Å². The molecule has 2 aromatic rings. The lowest BCUT2D eigenvalue weighted by atomic mass is 10.3. The van der Waals surface area contributed by atoms with E-state index < -0.39 is 5.97 Å². The molecule has 0 aliphatic rings. The highest BCUT2D eigenvalue weighted by Crippen LogP contribution is 2.02. The molecule has 0 aliphatic heterocycles. The van der Waals surface area contributed by atoms with Gasteiger partial charge < -0.3 is 5.11 Å². The molecule has 2 rings (SSSR count). The lowest BCUT2D eigenvalue weighted by Gasteiger charge is -1.95. The summed E-state index contributed by atoms with van der Waals surface area (Å²) in [6.45, 7) is 0. The molecule has 2 aromatic heterocycles. The van der Waals surface area contributed by atoms with Crippen LogP contribution in [0.15, 0.2) is 24.5 Å². The zero-order valence-electron chi connectivity index (χ0n) is 6.01. The molecule has 5 heteroatoms. The minimum Gasteiger partial charge on any atom is -0.477 e. The van der Waals surface area contributed by atoms with Crippen LogP contribution in [-0.2, 0) is 0 Å². The van der Waals surface area contributed by atoms with Crippen molar-refractivity contribution in [2.45, 2.75) is 0 Å². The van der Waals surface area contributed by atoms with E-state index in [9.17, 15) is 4.79 Å². The molecule has 0 unspecified atom stereocenters. The number of pyridine rings is 1. The van der Waals surface area contributed by atoms with Gasteiger partial charge in [-0.05, 0) is 12.1 Å². The average Bonchev–Trinajstić information content (AvgIpc) is 2.49. The van der Waals surface area contributed by atoms with Crippen LogP contribution in [0.5, 0.6) is 0 Å². The highest BCUT2D eigenvalue weighted by atomic mass is 16.4. The lowest BCUT2D eigenvalue weighted by molar-refractivity contribution is 0.0687. The summed E-state index contributed by atoms with van der Waals surface area (Å²) in [5.74, 6) is -1.01. The molecular formula is C7H5N3O2. The number of carboxylic acid groups (broad SMARTS) is 1. The van der Waals surface area contributed by atoms with E-state index in [1.165, 1.54) is 16.9 Å². The predicted octanol–water partition coefficient (Wildman–Crippen LogP) is 0.427. The molecule has 1 N–H and O–H groups in total. The fourth-order valence-corrected chi connectivity index (χ4v) is 1.01. The average molecular weight is 163 g/mol. The molecule has 0 saturated carbocycles. The third-order valence-electron chi connectivity index (χ3n) is 1.52.